The van der Waals surface area contributed by atoms with Crippen LogP contribution < -0.4 is 5.32 Å². The summed E-state index contributed by atoms with van der Waals surface area (Å²) < 4.78 is 17.4. The Hall–Kier alpha value is -2.86. The van der Waals surface area contributed by atoms with Gasteiger partial charge in [0.1, 0.15) is 0 Å². The third-order valence-electron chi connectivity index (χ3n) is 12.7. The molecule has 4 rings (SSSR count). The fraction of sp³-hybridized carbons (Fsp3) is 0.535. The largest absolute Gasteiger partial charge is 0.346 e. The summed E-state index contributed by atoms with van der Waals surface area (Å²) in [6, 6.07) is 8.11. The summed E-state index contributed by atoms with van der Waals surface area (Å²) in [6.45, 7) is 28.2. The fourth-order valence-corrected chi connectivity index (χ4v) is 8.98. The molecule has 1 aliphatic heterocycles. The van der Waals surface area contributed by atoms with Crippen LogP contribution in [0.2, 0.25) is 10.0 Å². The van der Waals surface area contributed by atoms with E-state index in [0.717, 1.165) is 52.9 Å². The molecule has 0 saturated carbocycles. The molecule has 0 radical (unpaired) electrons. The average Bonchev–Trinajstić information content (AvgIpc) is 3.08. The van der Waals surface area contributed by atoms with Crippen molar-refractivity contribution in [1.29, 1.82) is 0 Å². The van der Waals surface area contributed by atoms with Crippen LogP contribution in [0.5, 0.6) is 0 Å². The zero-order chi connectivity index (χ0) is 39.4. The average molecular weight is 723 g/mol. The van der Waals surface area contributed by atoms with Crippen LogP contribution in [0.15, 0.2) is 36.4 Å². The Kier molecular flexibility index (Phi) is 11.1. The number of nitrogens with one attached hydrogen (secondary N) is 1. The van der Waals surface area contributed by atoms with Gasteiger partial charge in [0.05, 0.1) is 18.3 Å². The minimum Gasteiger partial charge on any atom is -0.346 e. The predicted molar refractivity (Wildman–Crippen MR) is 211 cm³/mol. The third kappa shape index (κ3) is 7.12. The highest BCUT2D eigenvalue weighted by atomic mass is 35.5. The first-order valence-electron chi connectivity index (χ1n) is 18.9. The Morgan fingerprint density at radius 1 is 0.980 bits per heavy atom. The van der Waals surface area contributed by atoms with Gasteiger partial charge >= 0.3 is 0 Å². The van der Waals surface area contributed by atoms with Crippen LogP contribution in [0.1, 0.15) is 117 Å². The molecule has 5 atom stereocenters. The summed E-state index contributed by atoms with van der Waals surface area (Å²) in [5.74, 6) is -0.347. The number of aryl methyl sites for hydroxylation is 1. The molecule has 50 heavy (non-hydrogen) atoms. The van der Waals surface area contributed by atoms with Gasteiger partial charge in [-0.05, 0) is 144 Å². The number of nitrogens with zero attached hydrogens (tertiary/aromatic N) is 2. The molecule has 1 heterocycles. The van der Waals surface area contributed by atoms with Crippen molar-refractivity contribution in [1.82, 2.24) is 15.1 Å². The molecule has 7 heteroatoms. The first-order chi connectivity index (χ1) is 24.0. The van der Waals surface area contributed by atoms with Crippen molar-refractivity contribution >= 4 is 35.0 Å². The maximum atomic E-state index is 14.4. The SMILES string of the molecule is [2H]c1c([2H])c(C(=O)N(C)C(C)[C@H](c2cc(Cl)c(Cl)c(C)c2C)C(C)CN2CCC(NC(C)=O)(c3cccc(C)c3C)C(C)C2(C)C)c(C)c(C)c1C. The number of carbonyl (C=O) groups excluding carboxylic acids is 2. The number of hydrogen-bond acceptors (Lipinski definition) is 3. The Labute approximate surface area is 314 Å². The van der Waals surface area contributed by atoms with E-state index in [2.05, 4.69) is 83.8 Å². The predicted octanol–water partition coefficient (Wildman–Crippen LogP) is 10.2. The van der Waals surface area contributed by atoms with Crippen LogP contribution in [0, 0.1) is 60.3 Å². The minimum absolute atomic E-state index is 0.0358. The van der Waals surface area contributed by atoms with Gasteiger partial charge in [0.2, 0.25) is 5.91 Å². The summed E-state index contributed by atoms with van der Waals surface area (Å²) in [5, 5.41) is 4.46. The smallest absolute Gasteiger partial charge is 0.254 e. The Morgan fingerprint density at radius 2 is 1.62 bits per heavy atom. The first kappa shape index (κ1) is 36.9. The summed E-state index contributed by atoms with van der Waals surface area (Å²) >= 11 is 13.4. The third-order valence-corrected chi connectivity index (χ3v) is 13.6. The van der Waals surface area contributed by atoms with Crippen molar-refractivity contribution in [2.75, 3.05) is 20.1 Å². The molecule has 272 valence electrons. The number of hydrogen-bond donors (Lipinski definition) is 1. The van der Waals surface area contributed by atoms with Gasteiger partial charge in [-0.1, -0.05) is 61.3 Å². The number of piperidine rings is 1. The highest BCUT2D eigenvalue weighted by molar-refractivity contribution is 6.42. The van der Waals surface area contributed by atoms with Gasteiger partial charge in [-0.3, -0.25) is 14.5 Å². The minimum atomic E-state index is -0.531. The van der Waals surface area contributed by atoms with Crippen molar-refractivity contribution in [2.24, 2.45) is 11.8 Å². The number of halogens is 2. The van der Waals surface area contributed by atoms with Crippen LogP contribution in [-0.4, -0.2) is 53.3 Å². The number of amides is 2. The molecule has 0 spiro atoms. The van der Waals surface area contributed by atoms with Crippen molar-refractivity contribution < 1.29 is 12.3 Å². The Morgan fingerprint density at radius 3 is 2.24 bits per heavy atom. The lowest BCUT2D eigenvalue weighted by molar-refractivity contribution is -0.125. The summed E-state index contributed by atoms with van der Waals surface area (Å²) in [6.07, 6.45) is 0.755. The van der Waals surface area contributed by atoms with Crippen molar-refractivity contribution in [2.45, 2.75) is 119 Å². The second kappa shape index (κ2) is 15.0. The first-order valence-corrected chi connectivity index (χ1v) is 18.7. The van der Waals surface area contributed by atoms with E-state index < -0.39 is 5.54 Å². The maximum Gasteiger partial charge on any atom is 0.254 e. The van der Waals surface area contributed by atoms with Gasteiger partial charge in [-0.25, -0.2) is 0 Å². The zero-order valence-electron chi connectivity index (χ0n) is 34.7. The molecule has 5 nitrogen and oxygen atoms in total. The van der Waals surface area contributed by atoms with Gasteiger partial charge in [0.25, 0.3) is 5.91 Å². The van der Waals surface area contributed by atoms with Gasteiger partial charge in [0, 0.05) is 56.0 Å². The van der Waals surface area contributed by atoms with Crippen LogP contribution in [-0.2, 0) is 10.3 Å². The Bertz CT molecular complexity index is 1860. The number of likely N-dealkylation sites (N-methyl/N-ethyl adjacent to an activating group) is 1. The van der Waals surface area contributed by atoms with E-state index in [1.807, 2.05) is 40.8 Å². The highest BCUT2D eigenvalue weighted by Gasteiger charge is 2.53. The molecule has 1 saturated heterocycles. The fourth-order valence-electron chi connectivity index (χ4n) is 8.52. The zero-order valence-corrected chi connectivity index (χ0v) is 34.2. The molecule has 2 amide bonds. The van der Waals surface area contributed by atoms with Gasteiger partial charge < -0.3 is 10.2 Å². The van der Waals surface area contributed by atoms with Crippen LogP contribution >= 0.6 is 23.2 Å². The van der Waals surface area contributed by atoms with E-state index >= 15 is 0 Å². The molecule has 3 aromatic rings. The number of rotatable bonds is 9. The number of benzene rings is 3. The molecule has 0 bridgehead atoms. The van der Waals surface area contributed by atoms with Gasteiger partial charge in [-0.15, -0.1) is 0 Å². The highest BCUT2D eigenvalue weighted by Crippen LogP contribution is 2.48. The quantitative estimate of drug-likeness (QED) is 0.239. The molecule has 1 aliphatic rings. The summed E-state index contributed by atoms with van der Waals surface area (Å²) in [5.41, 5.74) is 8.36. The van der Waals surface area contributed by atoms with E-state index in [1.54, 1.807) is 11.8 Å². The summed E-state index contributed by atoms with van der Waals surface area (Å²) in [7, 11) is 1.81. The van der Waals surface area contributed by atoms with E-state index in [9.17, 15) is 9.59 Å². The number of carbonyl (C=O) groups is 2. The van der Waals surface area contributed by atoms with E-state index in [0.29, 0.717) is 10.0 Å². The molecule has 1 N–H and O–H groups in total. The molecular weight excluding hydrogens is 661 g/mol. The molecule has 4 unspecified atom stereocenters. The van der Waals surface area contributed by atoms with Gasteiger partial charge in [-0.2, -0.15) is 0 Å². The Balaban J connectivity index is 1.79. The van der Waals surface area contributed by atoms with Crippen molar-refractivity contribution in [3.8, 4) is 0 Å². The standard InChI is InChI=1S/C43H59Cl2N3O2/c1-24-16-15-17-37(28(24)5)43(46-34(11)49)20-21-48(42(12,13)33(43)10)23-26(3)39(36-22-38(44)40(45)31(8)30(36)7)32(9)47(14)41(50)35-19-18-25(2)27(4)29(35)6/h15-19,22,26,32-33,39H,20-21,23H2,1-14H3,(H,46,49)/t26?,32?,33?,39-,43?/m1/s1/i18D,19D. The second-order valence-corrected chi connectivity index (χ2v) is 16.4. The topological polar surface area (TPSA) is 52.7 Å². The maximum absolute atomic E-state index is 14.4. The van der Waals surface area contributed by atoms with E-state index in [-0.39, 0.29) is 58.8 Å². The van der Waals surface area contributed by atoms with Crippen molar-refractivity contribution in [3.05, 3.63) is 102 Å². The van der Waals surface area contributed by atoms with E-state index in [4.69, 9.17) is 25.9 Å². The van der Waals surface area contributed by atoms with Crippen LogP contribution in [0.3, 0.4) is 0 Å². The molecular formula is C43H59Cl2N3O2. The molecule has 0 aliphatic carbocycles. The van der Waals surface area contributed by atoms with Crippen LogP contribution in [0.25, 0.3) is 0 Å². The molecule has 1 fully saturated rings. The van der Waals surface area contributed by atoms with E-state index in [1.165, 1.54) is 16.7 Å². The normalized spacial score (nSPS) is 21.6. The van der Waals surface area contributed by atoms with Crippen LogP contribution in [0.4, 0.5) is 0 Å². The molecule has 3 aromatic carbocycles. The lowest BCUT2D eigenvalue weighted by atomic mass is 9.63. The van der Waals surface area contributed by atoms with Gasteiger partial charge in [0.15, 0.2) is 0 Å². The lowest BCUT2D eigenvalue weighted by Crippen LogP contribution is -2.67. The monoisotopic (exact) mass is 721 g/mol. The summed E-state index contributed by atoms with van der Waals surface area (Å²) in [4.78, 5) is 31.5. The molecule has 0 aromatic heterocycles. The second-order valence-electron chi connectivity index (χ2n) is 15.6. The van der Waals surface area contributed by atoms with Crippen molar-refractivity contribution in [3.63, 3.8) is 0 Å². The number of likely N-dealkylation sites (tertiary alicyclic amines) is 1. The lowest BCUT2D eigenvalue weighted by Gasteiger charge is -2.58.